The Bertz CT molecular complexity index is 455. The maximum absolute atomic E-state index is 12.0. The van der Waals surface area contributed by atoms with E-state index >= 15 is 0 Å². The zero-order chi connectivity index (χ0) is 13.4. The van der Waals surface area contributed by atoms with Gasteiger partial charge in [0.05, 0.1) is 10.6 Å². The van der Waals surface area contributed by atoms with Crippen molar-refractivity contribution in [1.82, 2.24) is 0 Å². The van der Waals surface area contributed by atoms with E-state index in [1.807, 2.05) is 0 Å². The fourth-order valence-electron chi connectivity index (χ4n) is 1.90. The van der Waals surface area contributed by atoms with Gasteiger partial charge in [-0.25, -0.2) is 8.42 Å². The number of hydrogen-bond acceptors (Lipinski definition) is 3. The maximum atomic E-state index is 12.0. The van der Waals surface area contributed by atoms with Gasteiger partial charge in [-0.1, -0.05) is 45.1 Å². The van der Waals surface area contributed by atoms with Crippen LogP contribution in [0.2, 0.25) is 0 Å². The van der Waals surface area contributed by atoms with E-state index in [2.05, 4.69) is 6.92 Å². The molecule has 0 unspecified atom stereocenters. The van der Waals surface area contributed by atoms with Crippen LogP contribution in [-0.2, 0) is 9.84 Å². The highest BCUT2D eigenvalue weighted by Gasteiger charge is 2.13. The SMILES string of the molecule is CCCCCCCCS(=O)(=O)c1cccc(N)c1. The number of anilines is 1. The third kappa shape index (κ3) is 5.08. The lowest BCUT2D eigenvalue weighted by Crippen LogP contribution is -2.07. The van der Waals surface area contributed by atoms with Crippen molar-refractivity contribution in [1.29, 1.82) is 0 Å². The first-order valence-corrected chi connectivity index (χ1v) is 8.30. The minimum Gasteiger partial charge on any atom is -0.399 e. The Morgan fingerprint density at radius 2 is 1.72 bits per heavy atom. The molecule has 18 heavy (non-hydrogen) atoms. The number of benzene rings is 1. The van der Waals surface area contributed by atoms with Crippen molar-refractivity contribution in [2.75, 3.05) is 11.5 Å². The summed E-state index contributed by atoms with van der Waals surface area (Å²) in [5, 5.41) is 0. The summed E-state index contributed by atoms with van der Waals surface area (Å²) in [7, 11) is -3.16. The van der Waals surface area contributed by atoms with Crippen LogP contribution in [0.4, 0.5) is 5.69 Å². The smallest absolute Gasteiger partial charge is 0.178 e. The van der Waals surface area contributed by atoms with Crippen LogP contribution in [0.1, 0.15) is 45.4 Å². The average molecular weight is 269 g/mol. The van der Waals surface area contributed by atoms with E-state index in [1.165, 1.54) is 25.3 Å². The quantitative estimate of drug-likeness (QED) is 0.581. The molecule has 0 fully saturated rings. The highest BCUT2D eigenvalue weighted by atomic mass is 32.2. The number of unbranched alkanes of at least 4 members (excludes halogenated alkanes) is 5. The molecule has 0 amide bonds. The second-order valence-electron chi connectivity index (χ2n) is 4.66. The molecule has 4 heteroatoms. The molecule has 0 aliphatic heterocycles. The molecule has 0 aliphatic rings. The van der Waals surface area contributed by atoms with Crippen LogP contribution in [0.15, 0.2) is 29.2 Å². The monoisotopic (exact) mass is 269 g/mol. The van der Waals surface area contributed by atoms with Crippen molar-refractivity contribution >= 4 is 15.5 Å². The van der Waals surface area contributed by atoms with Crippen molar-refractivity contribution in [2.24, 2.45) is 0 Å². The van der Waals surface area contributed by atoms with Gasteiger partial charge in [-0.2, -0.15) is 0 Å². The molecule has 0 aromatic heterocycles. The van der Waals surface area contributed by atoms with Gasteiger partial charge < -0.3 is 5.73 Å². The van der Waals surface area contributed by atoms with Crippen LogP contribution in [0, 0.1) is 0 Å². The molecule has 1 rings (SSSR count). The van der Waals surface area contributed by atoms with Gasteiger partial charge in [-0.15, -0.1) is 0 Å². The molecular weight excluding hydrogens is 246 g/mol. The van der Waals surface area contributed by atoms with Gasteiger partial charge in [0.2, 0.25) is 0 Å². The molecule has 0 saturated heterocycles. The molecule has 102 valence electrons. The lowest BCUT2D eigenvalue weighted by atomic mass is 10.1. The number of rotatable bonds is 8. The van der Waals surface area contributed by atoms with Crippen LogP contribution in [0.5, 0.6) is 0 Å². The molecular formula is C14H23NO2S. The molecule has 0 spiro atoms. The summed E-state index contributed by atoms with van der Waals surface area (Å²) in [6.07, 6.45) is 6.50. The Balaban J connectivity index is 2.41. The first kappa shape index (κ1) is 15.0. The summed E-state index contributed by atoms with van der Waals surface area (Å²) < 4.78 is 24.0. The normalized spacial score (nSPS) is 11.6. The molecule has 0 radical (unpaired) electrons. The Hall–Kier alpha value is -1.03. The highest BCUT2D eigenvalue weighted by molar-refractivity contribution is 7.91. The molecule has 0 aliphatic carbocycles. The molecule has 2 N–H and O–H groups in total. The molecule has 3 nitrogen and oxygen atoms in total. The van der Waals surface area contributed by atoms with Crippen LogP contribution >= 0.6 is 0 Å². The Labute approximate surface area is 110 Å². The molecule has 0 atom stereocenters. The molecule has 0 heterocycles. The second kappa shape index (κ2) is 7.41. The van der Waals surface area contributed by atoms with Crippen LogP contribution in [-0.4, -0.2) is 14.2 Å². The Morgan fingerprint density at radius 3 is 2.39 bits per heavy atom. The van der Waals surface area contributed by atoms with Crippen molar-refractivity contribution in [2.45, 2.75) is 50.3 Å². The highest BCUT2D eigenvalue weighted by Crippen LogP contribution is 2.16. The number of nitrogen functional groups attached to an aromatic ring is 1. The van der Waals surface area contributed by atoms with Crippen molar-refractivity contribution < 1.29 is 8.42 Å². The first-order chi connectivity index (χ1) is 8.56. The van der Waals surface area contributed by atoms with Crippen LogP contribution in [0.3, 0.4) is 0 Å². The predicted octanol–water partition coefficient (Wildman–Crippen LogP) is 3.40. The number of nitrogens with two attached hydrogens (primary N) is 1. The standard InChI is InChI=1S/C14H23NO2S/c1-2-3-4-5-6-7-11-18(16,17)14-10-8-9-13(15)12-14/h8-10,12H,2-7,11,15H2,1H3. The van der Waals surface area contributed by atoms with E-state index in [-0.39, 0.29) is 5.75 Å². The Kier molecular flexibility index (Phi) is 6.19. The van der Waals surface area contributed by atoms with E-state index in [1.54, 1.807) is 18.2 Å². The fraction of sp³-hybridized carbons (Fsp3) is 0.571. The zero-order valence-electron chi connectivity index (χ0n) is 11.1. The van der Waals surface area contributed by atoms with Gasteiger partial charge in [-0.05, 0) is 24.6 Å². The first-order valence-electron chi connectivity index (χ1n) is 6.64. The lowest BCUT2D eigenvalue weighted by molar-refractivity contribution is 0.583. The summed E-state index contributed by atoms with van der Waals surface area (Å²) in [4.78, 5) is 0.344. The lowest BCUT2D eigenvalue weighted by Gasteiger charge is -2.05. The Morgan fingerprint density at radius 1 is 1.06 bits per heavy atom. The summed E-state index contributed by atoms with van der Waals surface area (Å²) in [6.45, 7) is 2.17. The summed E-state index contributed by atoms with van der Waals surface area (Å²) >= 11 is 0. The van der Waals surface area contributed by atoms with E-state index in [0.717, 1.165) is 19.3 Å². The van der Waals surface area contributed by atoms with E-state index in [4.69, 9.17) is 5.73 Å². The van der Waals surface area contributed by atoms with Gasteiger partial charge in [0, 0.05) is 5.69 Å². The van der Waals surface area contributed by atoms with Gasteiger partial charge in [0.25, 0.3) is 0 Å². The largest absolute Gasteiger partial charge is 0.399 e. The minimum atomic E-state index is -3.16. The molecule has 0 saturated carbocycles. The molecule has 1 aromatic rings. The van der Waals surface area contributed by atoms with Gasteiger partial charge in [0.1, 0.15) is 0 Å². The maximum Gasteiger partial charge on any atom is 0.178 e. The summed E-state index contributed by atoms with van der Waals surface area (Å²) in [5.41, 5.74) is 6.10. The van der Waals surface area contributed by atoms with Crippen LogP contribution < -0.4 is 5.73 Å². The zero-order valence-corrected chi connectivity index (χ0v) is 11.9. The summed E-state index contributed by atoms with van der Waals surface area (Å²) in [5.74, 6) is 0.225. The molecule has 0 bridgehead atoms. The van der Waals surface area contributed by atoms with Gasteiger partial charge >= 0.3 is 0 Å². The number of hydrogen-bond donors (Lipinski definition) is 1. The van der Waals surface area contributed by atoms with E-state index < -0.39 is 9.84 Å². The fourth-order valence-corrected chi connectivity index (χ4v) is 3.32. The van der Waals surface area contributed by atoms with Crippen LogP contribution in [0.25, 0.3) is 0 Å². The summed E-state index contributed by atoms with van der Waals surface area (Å²) in [6, 6.07) is 6.53. The van der Waals surface area contributed by atoms with Crippen molar-refractivity contribution in [3.63, 3.8) is 0 Å². The average Bonchev–Trinajstić information content (AvgIpc) is 2.33. The topological polar surface area (TPSA) is 60.2 Å². The predicted molar refractivity (Wildman–Crippen MR) is 76.3 cm³/mol. The van der Waals surface area contributed by atoms with Gasteiger partial charge in [0.15, 0.2) is 9.84 Å². The van der Waals surface area contributed by atoms with Crippen molar-refractivity contribution in [3.8, 4) is 0 Å². The van der Waals surface area contributed by atoms with E-state index in [9.17, 15) is 8.42 Å². The van der Waals surface area contributed by atoms with Gasteiger partial charge in [-0.3, -0.25) is 0 Å². The third-order valence-electron chi connectivity index (χ3n) is 2.98. The number of sulfone groups is 1. The second-order valence-corrected chi connectivity index (χ2v) is 6.77. The molecule has 1 aromatic carbocycles. The minimum absolute atomic E-state index is 0.225. The van der Waals surface area contributed by atoms with Crippen molar-refractivity contribution in [3.05, 3.63) is 24.3 Å². The third-order valence-corrected chi connectivity index (χ3v) is 4.78. The van der Waals surface area contributed by atoms with E-state index in [0.29, 0.717) is 10.6 Å².